The summed E-state index contributed by atoms with van der Waals surface area (Å²) >= 11 is 0. The van der Waals surface area contributed by atoms with Crippen LogP contribution >= 0.6 is 0 Å². The van der Waals surface area contributed by atoms with Gasteiger partial charge in [0.1, 0.15) is 11.6 Å². The van der Waals surface area contributed by atoms with E-state index in [1.807, 2.05) is 22.9 Å². The molecule has 3 aromatic heterocycles. The molecule has 0 spiro atoms. The summed E-state index contributed by atoms with van der Waals surface area (Å²) in [5, 5.41) is 20.2. The zero-order valence-corrected chi connectivity index (χ0v) is 23.5. The van der Waals surface area contributed by atoms with Gasteiger partial charge < -0.3 is 14.7 Å². The zero-order valence-electron chi connectivity index (χ0n) is 23.5. The van der Waals surface area contributed by atoms with Crippen molar-refractivity contribution in [2.45, 2.75) is 45.7 Å². The second-order valence-corrected chi connectivity index (χ2v) is 11.1. The van der Waals surface area contributed by atoms with E-state index >= 15 is 0 Å². The van der Waals surface area contributed by atoms with E-state index < -0.39 is 12.1 Å². The molecule has 5 aromatic rings. The Morgan fingerprint density at radius 1 is 1.10 bits per heavy atom. The molecule has 2 atom stereocenters. The minimum Gasteiger partial charge on any atom is -0.465 e. The summed E-state index contributed by atoms with van der Waals surface area (Å²) < 4.78 is 26.7. The summed E-state index contributed by atoms with van der Waals surface area (Å²) in [7, 11) is 0. The lowest BCUT2D eigenvalue weighted by atomic mass is 10.00. The monoisotopic (exact) mass is 571 g/mol. The highest BCUT2D eigenvalue weighted by molar-refractivity contribution is 5.81. The average molecular weight is 572 g/mol. The standard InChI is InChI=1S/C30H30FN7O4/c1-17-12-23(13-18(2)27(17)31)38-28(26-19(3)34(30(40)41)8-6-24(26)33-38)36-10-9-35(29(36)39)21-4-5-25-20(14-21)15-32-37(25)22-7-11-42-16-22/h4-5,9-10,12-15,19,22H,6-8,11,16H2,1-3H3,(H,40,41)/t19-,22+/m0/s1. The van der Waals surface area contributed by atoms with Crippen LogP contribution in [0.4, 0.5) is 9.18 Å². The van der Waals surface area contributed by atoms with E-state index in [4.69, 9.17) is 9.84 Å². The van der Waals surface area contributed by atoms with Crippen LogP contribution in [0.25, 0.3) is 28.1 Å². The molecule has 2 aliphatic heterocycles. The molecule has 2 aromatic carbocycles. The molecule has 2 aliphatic rings. The Balaban J connectivity index is 1.38. The number of imidazole rings is 1. The van der Waals surface area contributed by atoms with Crippen molar-refractivity contribution in [1.82, 2.24) is 33.6 Å². The Morgan fingerprint density at radius 2 is 1.86 bits per heavy atom. The number of hydrogen-bond donors (Lipinski definition) is 1. The van der Waals surface area contributed by atoms with E-state index in [1.165, 1.54) is 9.47 Å². The summed E-state index contributed by atoms with van der Waals surface area (Å²) in [6.45, 7) is 6.80. The van der Waals surface area contributed by atoms with Crippen LogP contribution in [0.5, 0.6) is 0 Å². The number of hydrogen-bond acceptors (Lipinski definition) is 5. The Bertz CT molecular complexity index is 1900. The fourth-order valence-corrected chi connectivity index (χ4v) is 6.30. The van der Waals surface area contributed by atoms with E-state index in [0.29, 0.717) is 59.2 Å². The van der Waals surface area contributed by atoms with Gasteiger partial charge in [0.15, 0.2) is 0 Å². The van der Waals surface area contributed by atoms with Gasteiger partial charge in [-0.1, -0.05) is 0 Å². The Morgan fingerprint density at radius 3 is 2.57 bits per heavy atom. The lowest BCUT2D eigenvalue weighted by molar-refractivity contribution is 0.124. The first-order chi connectivity index (χ1) is 20.2. The third kappa shape index (κ3) is 3.97. The number of benzene rings is 2. The van der Waals surface area contributed by atoms with Gasteiger partial charge in [0.05, 0.1) is 47.5 Å². The topological polar surface area (TPSA) is 112 Å². The number of fused-ring (bicyclic) bond motifs is 2. The highest BCUT2D eigenvalue weighted by Gasteiger charge is 2.35. The minimum atomic E-state index is -1.04. The van der Waals surface area contributed by atoms with Gasteiger partial charge in [-0.2, -0.15) is 10.2 Å². The second kappa shape index (κ2) is 9.69. The van der Waals surface area contributed by atoms with Crippen LogP contribution in [-0.4, -0.2) is 64.6 Å². The summed E-state index contributed by atoms with van der Waals surface area (Å²) in [5.74, 6) is 0.137. The van der Waals surface area contributed by atoms with Crippen LogP contribution in [-0.2, 0) is 11.2 Å². The van der Waals surface area contributed by atoms with E-state index in [1.54, 1.807) is 60.7 Å². The van der Waals surface area contributed by atoms with E-state index in [0.717, 1.165) is 17.3 Å². The summed E-state index contributed by atoms with van der Waals surface area (Å²) in [6.07, 6.45) is 5.41. The average Bonchev–Trinajstić information content (AvgIpc) is 3.76. The molecule has 0 radical (unpaired) electrons. The van der Waals surface area contributed by atoms with E-state index in [9.17, 15) is 19.1 Å². The largest absolute Gasteiger partial charge is 0.465 e. The molecular weight excluding hydrogens is 541 g/mol. The molecule has 1 N–H and O–H groups in total. The lowest BCUT2D eigenvalue weighted by Gasteiger charge is -2.31. The predicted octanol–water partition coefficient (Wildman–Crippen LogP) is 4.48. The quantitative estimate of drug-likeness (QED) is 0.341. The van der Waals surface area contributed by atoms with Gasteiger partial charge >= 0.3 is 11.8 Å². The van der Waals surface area contributed by atoms with Crippen LogP contribution in [0.3, 0.4) is 0 Å². The lowest BCUT2D eigenvalue weighted by Crippen LogP contribution is -2.38. The molecule has 216 valence electrons. The fourth-order valence-electron chi connectivity index (χ4n) is 6.30. The van der Waals surface area contributed by atoms with E-state index in [2.05, 4.69) is 5.10 Å². The molecule has 7 rings (SSSR count). The highest BCUT2D eigenvalue weighted by atomic mass is 19.1. The molecule has 12 heteroatoms. The number of rotatable bonds is 4. The van der Waals surface area contributed by atoms with Crippen LogP contribution < -0.4 is 5.69 Å². The van der Waals surface area contributed by atoms with Crippen molar-refractivity contribution in [2.24, 2.45) is 0 Å². The first-order valence-corrected chi connectivity index (χ1v) is 14.0. The number of carboxylic acid groups (broad SMARTS) is 1. The molecule has 42 heavy (non-hydrogen) atoms. The number of ether oxygens (including phenoxy) is 1. The van der Waals surface area contributed by atoms with Gasteiger partial charge in [0.25, 0.3) is 0 Å². The normalized spacial score (nSPS) is 18.6. The number of carbonyl (C=O) groups is 1. The molecular formula is C30H30FN7O4. The Labute approximate surface area is 240 Å². The Hall–Kier alpha value is -4.71. The number of halogens is 1. The van der Waals surface area contributed by atoms with Crippen molar-refractivity contribution >= 4 is 17.0 Å². The summed E-state index contributed by atoms with van der Waals surface area (Å²) in [6, 6.07) is 8.79. The predicted molar refractivity (Wildman–Crippen MR) is 153 cm³/mol. The Kier molecular flexibility index (Phi) is 6.05. The maximum atomic E-state index is 14.6. The molecule has 1 amide bonds. The van der Waals surface area contributed by atoms with Crippen molar-refractivity contribution in [3.05, 3.63) is 87.6 Å². The van der Waals surface area contributed by atoms with Gasteiger partial charge in [0.2, 0.25) is 0 Å². The second-order valence-electron chi connectivity index (χ2n) is 11.1. The molecule has 0 saturated carbocycles. The van der Waals surface area contributed by atoms with Gasteiger partial charge in [-0.15, -0.1) is 0 Å². The first kappa shape index (κ1) is 26.2. The maximum absolute atomic E-state index is 14.6. The SMILES string of the molecule is Cc1cc(-n2nc3c(c2-n2ccn(-c4ccc5c(cnn5[C@@H]5CCOC5)c4)c2=O)[C@H](C)N(C(=O)O)CC3)cc(C)c1F. The van der Waals surface area contributed by atoms with Crippen LogP contribution in [0.2, 0.25) is 0 Å². The number of amides is 1. The molecule has 11 nitrogen and oxygen atoms in total. The van der Waals surface area contributed by atoms with Crippen molar-refractivity contribution in [1.29, 1.82) is 0 Å². The fraction of sp³-hybridized carbons (Fsp3) is 0.333. The number of aromatic nitrogens is 6. The zero-order chi connectivity index (χ0) is 29.3. The van der Waals surface area contributed by atoms with Gasteiger partial charge in [0, 0.05) is 42.9 Å². The maximum Gasteiger partial charge on any atom is 0.407 e. The van der Waals surface area contributed by atoms with Gasteiger partial charge in [-0.25, -0.2) is 18.7 Å². The van der Waals surface area contributed by atoms with E-state index in [-0.39, 0.29) is 24.1 Å². The van der Waals surface area contributed by atoms with Crippen molar-refractivity contribution in [3.8, 4) is 17.2 Å². The third-order valence-corrected chi connectivity index (χ3v) is 8.47. The van der Waals surface area contributed by atoms with Crippen LogP contribution in [0.1, 0.15) is 47.8 Å². The number of aryl methyl sites for hydroxylation is 2. The molecule has 0 bridgehead atoms. The molecule has 1 saturated heterocycles. The van der Waals surface area contributed by atoms with Crippen molar-refractivity contribution in [3.63, 3.8) is 0 Å². The molecule has 0 aliphatic carbocycles. The molecule has 1 fully saturated rings. The first-order valence-electron chi connectivity index (χ1n) is 14.0. The van der Waals surface area contributed by atoms with Crippen LogP contribution in [0.15, 0.2) is 53.7 Å². The molecule has 0 unspecified atom stereocenters. The van der Waals surface area contributed by atoms with Gasteiger partial charge in [-0.05, 0) is 68.7 Å². The smallest absolute Gasteiger partial charge is 0.407 e. The highest BCUT2D eigenvalue weighted by Crippen LogP contribution is 2.36. The molecule has 5 heterocycles. The van der Waals surface area contributed by atoms with Crippen molar-refractivity contribution in [2.75, 3.05) is 19.8 Å². The van der Waals surface area contributed by atoms with Gasteiger partial charge in [-0.3, -0.25) is 13.8 Å². The summed E-state index contributed by atoms with van der Waals surface area (Å²) in [5.41, 5.74) is 4.15. The number of nitrogens with zero attached hydrogens (tertiary/aromatic N) is 7. The minimum absolute atomic E-state index is 0.190. The summed E-state index contributed by atoms with van der Waals surface area (Å²) in [4.78, 5) is 27.4. The van der Waals surface area contributed by atoms with Crippen molar-refractivity contribution < 1.29 is 19.0 Å². The van der Waals surface area contributed by atoms with Crippen LogP contribution in [0, 0.1) is 19.7 Å². The third-order valence-electron chi connectivity index (χ3n) is 8.47.